The molecule has 0 bridgehead atoms. The zero-order chi connectivity index (χ0) is 14.0. The average Bonchev–Trinajstić information content (AvgIpc) is 2.20. The molecule has 0 aliphatic carbocycles. The summed E-state index contributed by atoms with van der Waals surface area (Å²) in [5.41, 5.74) is -0.635. The molecule has 0 N–H and O–H groups in total. The topological polar surface area (TPSA) is 35.5 Å². The third-order valence-electron chi connectivity index (χ3n) is 1.98. The van der Waals surface area contributed by atoms with Crippen molar-refractivity contribution in [3.05, 3.63) is 23.8 Å². The number of benzene rings is 1. The molecule has 0 heterocycles. The van der Waals surface area contributed by atoms with Gasteiger partial charge in [0, 0.05) is 0 Å². The van der Waals surface area contributed by atoms with Crippen molar-refractivity contribution in [2.45, 2.75) is 32.7 Å². The normalized spacial score (nSPS) is 12.1. The Kier molecular flexibility index (Phi) is 3.88. The van der Waals surface area contributed by atoms with Crippen LogP contribution in [0.2, 0.25) is 0 Å². The van der Waals surface area contributed by atoms with Gasteiger partial charge in [-0.2, -0.15) is 0 Å². The van der Waals surface area contributed by atoms with Crippen molar-refractivity contribution < 1.29 is 27.4 Å². The summed E-state index contributed by atoms with van der Waals surface area (Å²) in [6, 6.07) is 4.10. The summed E-state index contributed by atoms with van der Waals surface area (Å²) in [5, 5.41) is 0. The van der Waals surface area contributed by atoms with Crippen LogP contribution in [0.5, 0.6) is 11.5 Å². The molecule has 0 fully saturated rings. The summed E-state index contributed by atoms with van der Waals surface area (Å²) in [4.78, 5) is 10.7. The zero-order valence-corrected chi connectivity index (χ0v) is 10.2. The van der Waals surface area contributed by atoms with Gasteiger partial charge in [-0.05, 0) is 38.5 Å². The lowest BCUT2D eigenvalue weighted by atomic mass is 10.1. The standard InChI is InChI=1S/C12H13F3O3/c1-8-4-5-9(17-11(2,3)7-16)10(6-8)18-12(13,14)15/h4-7H,1-3H3. The van der Waals surface area contributed by atoms with E-state index in [1.54, 1.807) is 13.0 Å². The van der Waals surface area contributed by atoms with Gasteiger partial charge in [-0.25, -0.2) is 0 Å². The summed E-state index contributed by atoms with van der Waals surface area (Å²) in [7, 11) is 0. The second kappa shape index (κ2) is 4.88. The van der Waals surface area contributed by atoms with Gasteiger partial charge in [-0.3, -0.25) is 4.79 Å². The molecule has 0 aromatic heterocycles. The smallest absolute Gasteiger partial charge is 0.477 e. The highest BCUT2D eigenvalue weighted by molar-refractivity contribution is 5.62. The molecule has 1 aromatic rings. The average molecular weight is 262 g/mol. The molecule has 18 heavy (non-hydrogen) atoms. The minimum atomic E-state index is -4.81. The fourth-order valence-corrected chi connectivity index (χ4v) is 1.21. The Morgan fingerprint density at radius 1 is 1.11 bits per heavy atom. The first kappa shape index (κ1) is 14.3. The largest absolute Gasteiger partial charge is 0.573 e. The molecule has 0 saturated heterocycles. The van der Waals surface area contributed by atoms with Gasteiger partial charge < -0.3 is 9.47 Å². The van der Waals surface area contributed by atoms with Crippen LogP contribution in [0.4, 0.5) is 13.2 Å². The fraction of sp³-hybridized carbons (Fsp3) is 0.417. The Morgan fingerprint density at radius 3 is 2.22 bits per heavy atom. The van der Waals surface area contributed by atoms with Gasteiger partial charge in [0.25, 0.3) is 0 Å². The molecule has 0 saturated carbocycles. The van der Waals surface area contributed by atoms with Crippen molar-refractivity contribution in [2.24, 2.45) is 0 Å². The SMILES string of the molecule is Cc1ccc(OC(C)(C)C=O)c(OC(F)(F)F)c1. The number of aldehydes is 1. The first-order valence-corrected chi connectivity index (χ1v) is 5.15. The molecule has 0 atom stereocenters. The second-order valence-electron chi connectivity index (χ2n) is 4.32. The fourth-order valence-electron chi connectivity index (χ4n) is 1.21. The molecule has 1 rings (SSSR count). The number of carbonyl (C=O) groups excluding carboxylic acids is 1. The van der Waals surface area contributed by atoms with Crippen molar-refractivity contribution in [1.82, 2.24) is 0 Å². The monoisotopic (exact) mass is 262 g/mol. The van der Waals surface area contributed by atoms with E-state index in [0.717, 1.165) is 0 Å². The van der Waals surface area contributed by atoms with Crippen LogP contribution in [0.25, 0.3) is 0 Å². The first-order chi connectivity index (χ1) is 8.13. The first-order valence-electron chi connectivity index (χ1n) is 5.15. The lowest BCUT2D eigenvalue weighted by Gasteiger charge is -2.22. The molecule has 100 valence electrons. The van der Waals surface area contributed by atoms with Crippen LogP contribution in [-0.2, 0) is 4.79 Å². The van der Waals surface area contributed by atoms with Gasteiger partial charge in [0.05, 0.1) is 0 Å². The Morgan fingerprint density at radius 2 is 1.72 bits per heavy atom. The predicted octanol–water partition coefficient (Wildman–Crippen LogP) is 3.25. The van der Waals surface area contributed by atoms with Crippen molar-refractivity contribution in [3.63, 3.8) is 0 Å². The van der Waals surface area contributed by atoms with Gasteiger partial charge in [0.1, 0.15) is 0 Å². The molecular weight excluding hydrogens is 249 g/mol. The Bertz CT molecular complexity index is 439. The lowest BCUT2D eigenvalue weighted by molar-refractivity contribution is -0.275. The molecule has 0 aliphatic heterocycles. The van der Waals surface area contributed by atoms with Crippen LogP contribution >= 0.6 is 0 Å². The van der Waals surface area contributed by atoms with E-state index in [2.05, 4.69) is 4.74 Å². The van der Waals surface area contributed by atoms with Crippen LogP contribution in [-0.4, -0.2) is 18.2 Å². The highest BCUT2D eigenvalue weighted by atomic mass is 19.4. The van der Waals surface area contributed by atoms with Crippen LogP contribution in [0, 0.1) is 6.92 Å². The summed E-state index contributed by atoms with van der Waals surface area (Å²) >= 11 is 0. The summed E-state index contributed by atoms with van der Waals surface area (Å²) in [6.07, 6.45) is -4.30. The van der Waals surface area contributed by atoms with E-state index in [-0.39, 0.29) is 5.75 Å². The molecule has 0 spiro atoms. The summed E-state index contributed by atoms with van der Waals surface area (Å²) in [5.74, 6) is -0.590. The molecule has 1 aromatic carbocycles. The Labute approximate surface area is 103 Å². The number of halogens is 3. The van der Waals surface area contributed by atoms with Gasteiger partial charge in [-0.15, -0.1) is 13.2 Å². The number of ether oxygens (including phenoxy) is 2. The maximum absolute atomic E-state index is 12.2. The molecule has 6 heteroatoms. The number of hydrogen-bond donors (Lipinski definition) is 0. The van der Waals surface area contributed by atoms with Crippen molar-refractivity contribution in [3.8, 4) is 11.5 Å². The number of carbonyl (C=O) groups is 1. The maximum atomic E-state index is 12.2. The minimum Gasteiger partial charge on any atom is -0.477 e. The quantitative estimate of drug-likeness (QED) is 0.781. The predicted molar refractivity (Wildman–Crippen MR) is 58.6 cm³/mol. The number of hydrogen-bond acceptors (Lipinski definition) is 3. The van der Waals surface area contributed by atoms with Gasteiger partial charge in [-0.1, -0.05) is 6.07 Å². The van der Waals surface area contributed by atoms with E-state index >= 15 is 0 Å². The summed E-state index contributed by atoms with van der Waals surface area (Å²) < 4.78 is 45.7. The van der Waals surface area contributed by atoms with Crippen molar-refractivity contribution >= 4 is 6.29 Å². The van der Waals surface area contributed by atoms with Crippen molar-refractivity contribution in [2.75, 3.05) is 0 Å². The van der Waals surface area contributed by atoms with Gasteiger partial charge in [0.2, 0.25) is 0 Å². The lowest BCUT2D eigenvalue weighted by Crippen LogP contribution is -2.30. The maximum Gasteiger partial charge on any atom is 0.573 e. The number of aryl methyl sites for hydroxylation is 1. The van der Waals surface area contributed by atoms with Crippen LogP contribution in [0.1, 0.15) is 19.4 Å². The molecule has 0 amide bonds. The molecule has 3 nitrogen and oxygen atoms in total. The van der Waals surface area contributed by atoms with Crippen LogP contribution in [0.3, 0.4) is 0 Å². The van der Waals surface area contributed by atoms with E-state index in [1.165, 1.54) is 26.0 Å². The molecular formula is C12H13F3O3. The Hall–Kier alpha value is -1.72. The van der Waals surface area contributed by atoms with E-state index in [1.807, 2.05) is 0 Å². The van der Waals surface area contributed by atoms with Crippen LogP contribution in [0.15, 0.2) is 18.2 Å². The van der Waals surface area contributed by atoms with Gasteiger partial charge in [0.15, 0.2) is 23.4 Å². The molecule has 0 radical (unpaired) electrons. The van der Waals surface area contributed by atoms with Crippen LogP contribution < -0.4 is 9.47 Å². The van der Waals surface area contributed by atoms with E-state index in [9.17, 15) is 18.0 Å². The minimum absolute atomic E-state index is 0.130. The van der Waals surface area contributed by atoms with E-state index in [0.29, 0.717) is 11.8 Å². The third kappa shape index (κ3) is 4.27. The second-order valence-corrected chi connectivity index (χ2v) is 4.32. The van der Waals surface area contributed by atoms with Gasteiger partial charge >= 0.3 is 6.36 Å². The molecule has 0 unspecified atom stereocenters. The van der Waals surface area contributed by atoms with E-state index < -0.39 is 17.7 Å². The Balaban J connectivity index is 3.07. The highest BCUT2D eigenvalue weighted by Gasteiger charge is 2.33. The van der Waals surface area contributed by atoms with E-state index in [4.69, 9.17) is 4.74 Å². The van der Waals surface area contributed by atoms with Crippen molar-refractivity contribution in [1.29, 1.82) is 0 Å². The number of alkyl halides is 3. The zero-order valence-electron chi connectivity index (χ0n) is 10.2. The third-order valence-corrected chi connectivity index (χ3v) is 1.98. The molecule has 0 aliphatic rings. The number of rotatable bonds is 4. The summed E-state index contributed by atoms with van der Waals surface area (Å²) in [6.45, 7) is 4.51. The highest BCUT2D eigenvalue weighted by Crippen LogP contribution is 2.34.